The Kier molecular flexibility index (Phi) is 4.92. The Hall–Kier alpha value is -1.34. The van der Waals surface area contributed by atoms with Crippen molar-refractivity contribution in [2.24, 2.45) is 0 Å². The van der Waals surface area contributed by atoms with E-state index in [4.69, 9.17) is 5.26 Å². The zero-order valence-corrected chi connectivity index (χ0v) is 11.9. The first-order valence-electron chi connectivity index (χ1n) is 6.04. The van der Waals surface area contributed by atoms with Gasteiger partial charge in [-0.2, -0.15) is 5.26 Å². The van der Waals surface area contributed by atoms with Crippen LogP contribution in [0, 0.1) is 25.2 Å². The zero-order valence-electron chi connectivity index (χ0n) is 11.1. The van der Waals surface area contributed by atoms with Gasteiger partial charge in [-0.25, -0.2) is 8.42 Å². The van der Waals surface area contributed by atoms with Crippen molar-refractivity contribution in [3.8, 4) is 6.07 Å². The van der Waals surface area contributed by atoms with E-state index in [0.29, 0.717) is 6.42 Å². The molecule has 0 amide bonds. The highest BCUT2D eigenvalue weighted by molar-refractivity contribution is 7.91. The second kappa shape index (κ2) is 6.01. The molecule has 0 N–H and O–H groups in total. The highest BCUT2D eigenvalue weighted by Crippen LogP contribution is 2.18. The van der Waals surface area contributed by atoms with Gasteiger partial charge in [0.15, 0.2) is 9.84 Å². The number of nitriles is 1. The Morgan fingerprint density at radius 3 is 2.22 bits per heavy atom. The first kappa shape index (κ1) is 14.7. The van der Waals surface area contributed by atoms with Gasteiger partial charge in [-0.1, -0.05) is 36.2 Å². The predicted octanol–water partition coefficient (Wildman–Crippen LogP) is 2.91. The SMILES string of the molecule is CCC(CC#N)S(=O)(=O)Cc1cc(C)cc(C)c1. The third-order valence-corrected chi connectivity index (χ3v) is 5.18. The minimum atomic E-state index is -3.24. The molecule has 0 fully saturated rings. The molecule has 0 saturated heterocycles. The Labute approximate surface area is 109 Å². The first-order chi connectivity index (χ1) is 8.39. The van der Waals surface area contributed by atoms with Crippen LogP contribution in [-0.4, -0.2) is 13.7 Å². The molecule has 1 rings (SSSR count). The van der Waals surface area contributed by atoms with Crippen LogP contribution in [0.3, 0.4) is 0 Å². The van der Waals surface area contributed by atoms with Gasteiger partial charge in [-0.3, -0.25) is 0 Å². The molecule has 0 spiro atoms. The molecule has 18 heavy (non-hydrogen) atoms. The summed E-state index contributed by atoms with van der Waals surface area (Å²) in [5.41, 5.74) is 2.94. The number of benzene rings is 1. The summed E-state index contributed by atoms with van der Waals surface area (Å²) < 4.78 is 24.4. The van der Waals surface area contributed by atoms with Crippen LogP contribution in [0.25, 0.3) is 0 Å². The molecular formula is C14H19NO2S. The Morgan fingerprint density at radius 2 is 1.78 bits per heavy atom. The van der Waals surface area contributed by atoms with Crippen LogP contribution < -0.4 is 0 Å². The van der Waals surface area contributed by atoms with E-state index >= 15 is 0 Å². The lowest BCUT2D eigenvalue weighted by molar-refractivity contribution is 0.575. The van der Waals surface area contributed by atoms with E-state index in [1.807, 2.05) is 38.1 Å². The number of hydrogen-bond donors (Lipinski definition) is 0. The molecule has 0 aliphatic rings. The van der Waals surface area contributed by atoms with E-state index in [0.717, 1.165) is 16.7 Å². The summed E-state index contributed by atoms with van der Waals surface area (Å²) in [6.07, 6.45) is 0.560. The average molecular weight is 265 g/mol. The summed E-state index contributed by atoms with van der Waals surface area (Å²) in [5.74, 6) is 0.0235. The van der Waals surface area contributed by atoms with Gasteiger partial charge in [0.1, 0.15) is 0 Å². The molecule has 0 bridgehead atoms. The molecule has 0 saturated carbocycles. The van der Waals surface area contributed by atoms with E-state index < -0.39 is 15.1 Å². The molecular weight excluding hydrogens is 246 g/mol. The smallest absolute Gasteiger partial charge is 0.158 e. The number of rotatable bonds is 5. The molecule has 1 aromatic carbocycles. The maximum absolute atomic E-state index is 12.2. The normalized spacial score (nSPS) is 13.0. The minimum Gasteiger partial charge on any atom is -0.228 e. The lowest BCUT2D eigenvalue weighted by Crippen LogP contribution is -2.21. The minimum absolute atomic E-state index is 0.0235. The van der Waals surface area contributed by atoms with Crippen LogP contribution in [-0.2, 0) is 15.6 Å². The number of hydrogen-bond acceptors (Lipinski definition) is 3. The molecule has 1 aromatic rings. The van der Waals surface area contributed by atoms with Crippen molar-refractivity contribution in [2.45, 2.75) is 44.6 Å². The summed E-state index contributed by atoms with van der Waals surface area (Å²) in [7, 11) is -3.24. The summed E-state index contributed by atoms with van der Waals surface area (Å²) in [4.78, 5) is 0. The van der Waals surface area contributed by atoms with Crippen molar-refractivity contribution in [1.29, 1.82) is 5.26 Å². The second-order valence-corrected chi connectivity index (χ2v) is 6.98. The van der Waals surface area contributed by atoms with Crippen molar-refractivity contribution < 1.29 is 8.42 Å². The van der Waals surface area contributed by atoms with Gasteiger partial charge >= 0.3 is 0 Å². The molecule has 3 nitrogen and oxygen atoms in total. The van der Waals surface area contributed by atoms with Crippen LogP contribution in [0.1, 0.15) is 36.5 Å². The fourth-order valence-electron chi connectivity index (χ4n) is 2.13. The molecule has 0 aliphatic carbocycles. The van der Waals surface area contributed by atoms with Crippen molar-refractivity contribution in [3.05, 3.63) is 34.9 Å². The fourth-order valence-corrected chi connectivity index (χ4v) is 3.83. The van der Waals surface area contributed by atoms with E-state index in [1.165, 1.54) is 0 Å². The lowest BCUT2D eigenvalue weighted by Gasteiger charge is -2.13. The average Bonchev–Trinajstić information content (AvgIpc) is 2.23. The second-order valence-electron chi connectivity index (χ2n) is 4.70. The van der Waals surface area contributed by atoms with Gasteiger partial charge < -0.3 is 0 Å². The standard InChI is InChI=1S/C14H19NO2S/c1-4-14(5-6-15)18(16,17)10-13-8-11(2)7-12(3)9-13/h7-9,14H,4-5,10H2,1-3H3. The quantitative estimate of drug-likeness (QED) is 0.822. The Morgan fingerprint density at radius 1 is 1.22 bits per heavy atom. The predicted molar refractivity (Wildman–Crippen MR) is 72.8 cm³/mol. The van der Waals surface area contributed by atoms with Gasteiger partial charge in [0, 0.05) is 0 Å². The van der Waals surface area contributed by atoms with Crippen LogP contribution >= 0.6 is 0 Å². The Bertz CT molecular complexity index is 535. The molecule has 0 aromatic heterocycles. The van der Waals surface area contributed by atoms with Crippen molar-refractivity contribution in [1.82, 2.24) is 0 Å². The molecule has 4 heteroatoms. The number of sulfone groups is 1. The molecule has 98 valence electrons. The van der Waals surface area contributed by atoms with Gasteiger partial charge in [0.25, 0.3) is 0 Å². The maximum atomic E-state index is 12.2. The lowest BCUT2D eigenvalue weighted by atomic mass is 10.1. The first-order valence-corrected chi connectivity index (χ1v) is 7.76. The van der Waals surface area contributed by atoms with E-state index in [-0.39, 0.29) is 12.2 Å². The van der Waals surface area contributed by atoms with E-state index in [1.54, 1.807) is 6.92 Å². The number of aryl methyl sites for hydroxylation is 2. The summed E-state index contributed by atoms with van der Waals surface area (Å²) >= 11 is 0. The Balaban J connectivity index is 2.98. The van der Waals surface area contributed by atoms with Crippen LogP contribution in [0.15, 0.2) is 18.2 Å². The van der Waals surface area contributed by atoms with Crippen LogP contribution in [0.2, 0.25) is 0 Å². The third-order valence-electron chi connectivity index (χ3n) is 2.93. The molecule has 1 atom stereocenters. The van der Waals surface area contributed by atoms with Gasteiger partial charge in [-0.15, -0.1) is 0 Å². The van der Waals surface area contributed by atoms with Crippen LogP contribution in [0.4, 0.5) is 0 Å². The molecule has 0 heterocycles. The van der Waals surface area contributed by atoms with E-state index in [9.17, 15) is 8.42 Å². The van der Waals surface area contributed by atoms with Gasteiger partial charge in [-0.05, 0) is 25.8 Å². The van der Waals surface area contributed by atoms with Crippen molar-refractivity contribution >= 4 is 9.84 Å². The molecule has 1 unspecified atom stereocenters. The molecule has 0 aliphatic heterocycles. The third kappa shape index (κ3) is 3.85. The summed E-state index contributed by atoms with van der Waals surface area (Å²) in [6, 6.07) is 7.76. The topological polar surface area (TPSA) is 57.9 Å². The highest BCUT2D eigenvalue weighted by atomic mass is 32.2. The summed E-state index contributed by atoms with van der Waals surface area (Å²) in [6.45, 7) is 5.71. The highest BCUT2D eigenvalue weighted by Gasteiger charge is 2.23. The number of nitrogens with zero attached hydrogens (tertiary/aromatic N) is 1. The van der Waals surface area contributed by atoms with Crippen LogP contribution in [0.5, 0.6) is 0 Å². The monoisotopic (exact) mass is 265 g/mol. The molecule has 0 radical (unpaired) electrons. The van der Waals surface area contributed by atoms with Gasteiger partial charge in [0.2, 0.25) is 0 Å². The van der Waals surface area contributed by atoms with Crippen molar-refractivity contribution in [2.75, 3.05) is 0 Å². The fraction of sp³-hybridized carbons (Fsp3) is 0.500. The largest absolute Gasteiger partial charge is 0.228 e. The summed E-state index contributed by atoms with van der Waals surface area (Å²) in [5, 5.41) is 8.12. The zero-order chi connectivity index (χ0) is 13.8. The van der Waals surface area contributed by atoms with Crippen molar-refractivity contribution in [3.63, 3.8) is 0 Å². The van der Waals surface area contributed by atoms with Gasteiger partial charge in [0.05, 0.1) is 23.5 Å². The maximum Gasteiger partial charge on any atom is 0.158 e. The van der Waals surface area contributed by atoms with E-state index in [2.05, 4.69) is 0 Å².